The summed E-state index contributed by atoms with van der Waals surface area (Å²) >= 11 is 1.85. The largest absolute Gasteiger partial charge is 0.507 e. The van der Waals surface area contributed by atoms with Crippen molar-refractivity contribution in [1.29, 1.82) is 0 Å². The third-order valence-electron chi connectivity index (χ3n) is 4.51. The van der Waals surface area contributed by atoms with Gasteiger partial charge in [0.15, 0.2) is 0 Å². The van der Waals surface area contributed by atoms with Gasteiger partial charge in [0.2, 0.25) is 0 Å². The molecule has 5 heteroatoms. The zero-order chi connectivity index (χ0) is 15.7. The van der Waals surface area contributed by atoms with E-state index in [1.54, 1.807) is 4.90 Å². The fraction of sp³-hybridized carbons (Fsp3) is 0.647. The Kier molecular flexibility index (Phi) is 4.62. The number of carbonyl (C=O) groups excluding carboxylic acids is 1. The minimum atomic E-state index is -0.0518. The number of amides is 1. The van der Waals surface area contributed by atoms with Crippen molar-refractivity contribution in [2.24, 2.45) is 0 Å². The van der Waals surface area contributed by atoms with E-state index in [0.717, 1.165) is 42.1 Å². The Hall–Kier alpha value is -1.23. The van der Waals surface area contributed by atoms with E-state index in [1.165, 1.54) is 19.3 Å². The van der Waals surface area contributed by atoms with Crippen molar-refractivity contribution in [2.45, 2.75) is 63.5 Å². The van der Waals surface area contributed by atoms with Gasteiger partial charge in [-0.2, -0.15) is 0 Å². The molecule has 1 atom stereocenters. The van der Waals surface area contributed by atoms with Gasteiger partial charge < -0.3 is 10.0 Å². The number of nitrogens with zero attached hydrogens (tertiary/aromatic N) is 2. The fourth-order valence-corrected chi connectivity index (χ4v) is 4.69. The maximum absolute atomic E-state index is 12.4. The van der Waals surface area contributed by atoms with Crippen molar-refractivity contribution in [3.63, 3.8) is 0 Å². The lowest BCUT2D eigenvalue weighted by atomic mass is 10.0. The standard InChI is InChI=1S/C17H24N2O2S/c1-3-5-6-7-13-15-11(10-22-13)16(20)14-12(18-15)9-19(8-4-2)17(14)21/h13H,3-10H2,1-2H3,(H,18,20). The highest BCUT2D eigenvalue weighted by Gasteiger charge is 2.37. The number of hydrogen-bond acceptors (Lipinski definition) is 4. The van der Waals surface area contributed by atoms with E-state index in [4.69, 9.17) is 4.98 Å². The molecule has 0 saturated carbocycles. The van der Waals surface area contributed by atoms with Crippen LogP contribution >= 0.6 is 11.8 Å². The Bertz CT molecular complexity index is 589. The van der Waals surface area contributed by atoms with Crippen LogP contribution in [0.2, 0.25) is 0 Å². The Balaban J connectivity index is 1.87. The summed E-state index contributed by atoms with van der Waals surface area (Å²) in [7, 11) is 0. The quantitative estimate of drug-likeness (QED) is 0.804. The van der Waals surface area contributed by atoms with Crippen LogP contribution < -0.4 is 0 Å². The first kappa shape index (κ1) is 15.7. The van der Waals surface area contributed by atoms with Gasteiger partial charge in [0.25, 0.3) is 5.91 Å². The average molecular weight is 320 g/mol. The molecule has 1 aromatic heterocycles. The number of aromatic nitrogens is 1. The number of thioether (sulfide) groups is 1. The van der Waals surface area contributed by atoms with Gasteiger partial charge in [0, 0.05) is 23.1 Å². The average Bonchev–Trinajstić information content (AvgIpc) is 3.03. The number of rotatable bonds is 6. The van der Waals surface area contributed by atoms with E-state index >= 15 is 0 Å². The van der Waals surface area contributed by atoms with Crippen LogP contribution in [0.15, 0.2) is 0 Å². The first-order valence-electron chi connectivity index (χ1n) is 8.32. The van der Waals surface area contributed by atoms with E-state index in [1.807, 2.05) is 11.8 Å². The number of fused-ring (bicyclic) bond motifs is 2. The van der Waals surface area contributed by atoms with Crippen LogP contribution in [0, 0.1) is 0 Å². The molecular weight excluding hydrogens is 296 g/mol. The molecule has 1 N–H and O–H groups in total. The normalized spacial score (nSPS) is 19.6. The highest BCUT2D eigenvalue weighted by molar-refractivity contribution is 7.99. The van der Waals surface area contributed by atoms with Crippen molar-refractivity contribution in [2.75, 3.05) is 6.54 Å². The first-order valence-corrected chi connectivity index (χ1v) is 9.37. The monoisotopic (exact) mass is 320 g/mol. The summed E-state index contributed by atoms with van der Waals surface area (Å²) in [6, 6.07) is 0. The molecule has 2 aliphatic rings. The van der Waals surface area contributed by atoms with Crippen LogP contribution in [0.5, 0.6) is 5.75 Å². The molecule has 1 unspecified atom stereocenters. The van der Waals surface area contributed by atoms with E-state index in [0.29, 0.717) is 17.4 Å². The van der Waals surface area contributed by atoms with Gasteiger partial charge in [-0.3, -0.25) is 9.78 Å². The Labute approximate surface area is 136 Å². The summed E-state index contributed by atoms with van der Waals surface area (Å²) in [5.41, 5.74) is 3.17. The second-order valence-electron chi connectivity index (χ2n) is 6.17. The van der Waals surface area contributed by atoms with Gasteiger partial charge in [0.05, 0.1) is 17.9 Å². The summed E-state index contributed by atoms with van der Waals surface area (Å²) in [6.07, 6.45) is 5.70. The fourth-order valence-electron chi connectivity index (χ4n) is 3.35. The van der Waals surface area contributed by atoms with Crippen LogP contribution in [0.25, 0.3) is 0 Å². The van der Waals surface area contributed by atoms with Crippen LogP contribution in [-0.2, 0) is 12.3 Å². The molecule has 4 nitrogen and oxygen atoms in total. The lowest BCUT2D eigenvalue weighted by molar-refractivity contribution is 0.0776. The first-order chi connectivity index (χ1) is 10.7. The molecule has 0 aliphatic carbocycles. The molecule has 0 radical (unpaired) electrons. The van der Waals surface area contributed by atoms with Crippen molar-refractivity contribution >= 4 is 17.7 Å². The van der Waals surface area contributed by atoms with Crippen molar-refractivity contribution in [3.8, 4) is 5.75 Å². The molecule has 1 amide bonds. The van der Waals surface area contributed by atoms with Gasteiger partial charge in [-0.05, 0) is 12.8 Å². The number of pyridine rings is 1. The molecule has 3 heterocycles. The SMILES string of the molecule is CCCCCC1SCc2c1nc1c(c2O)C(=O)N(CCC)C1. The highest BCUT2D eigenvalue weighted by Crippen LogP contribution is 2.49. The Morgan fingerprint density at radius 2 is 2.14 bits per heavy atom. The molecule has 0 aromatic carbocycles. The van der Waals surface area contributed by atoms with Gasteiger partial charge in [0.1, 0.15) is 11.3 Å². The zero-order valence-corrected chi connectivity index (χ0v) is 14.2. The number of carbonyl (C=O) groups is 1. The zero-order valence-electron chi connectivity index (χ0n) is 13.4. The predicted octanol–water partition coefficient (Wildman–Crippen LogP) is 4.02. The van der Waals surface area contributed by atoms with Crippen LogP contribution in [0.1, 0.15) is 78.5 Å². The summed E-state index contributed by atoms with van der Waals surface area (Å²) < 4.78 is 0. The van der Waals surface area contributed by atoms with Gasteiger partial charge in [-0.1, -0.05) is 33.1 Å². The van der Waals surface area contributed by atoms with Crippen LogP contribution in [0.3, 0.4) is 0 Å². The third-order valence-corrected chi connectivity index (χ3v) is 5.83. The van der Waals surface area contributed by atoms with E-state index in [-0.39, 0.29) is 11.7 Å². The molecule has 1 aromatic rings. The maximum atomic E-state index is 12.4. The molecule has 0 bridgehead atoms. The van der Waals surface area contributed by atoms with Crippen LogP contribution in [-0.4, -0.2) is 27.4 Å². The lowest BCUT2D eigenvalue weighted by Gasteiger charge is -2.13. The molecule has 120 valence electrons. The summed E-state index contributed by atoms with van der Waals surface area (Å²) in [6.45, 7) is 5.55. The Morgan fingerprint density at radius 1 is 1.32 bits per heavy atom. The number of unbranched alkanes of at least 4 members (excludes halogenated alkanes) is 2. The van der Waals surface area contributed by atoms with Gasteiger partial charge in [-0.25, -0.2) is 0 Å². The Morgan fingerprint density at radius 3 is 2.86 bits per heavy atom. The van der Waals surface area contributed by atoms with Crippen LogP contribution in [0.4, 0.5) is 0 Å². The minimum Gasteiger partial charge on any atom is -0.507 e. The second kappa shape index (κ2) is 6.49. The summed E-state index contributed by atoms with van der Waals surface area (Å²) in [5.74, 6) is 0.928. The topological polar surface area (TPSA) is 53.4 Å². The molecule has 22 heavy (non-hydrogen) atoms. The maximum Gasteiger partial charge on any atom is 0.259 e. The van der Waals surface area contributed by atoms with Crippen molar-refractivity contribution < 1.29 is 9.90 Å². The molecule has 0 fully saturated rings. The van der Waals surface area contributed by atoms with Gasteiger partial charge in [-0.15, -0.1) is 11.8 Å². The highest BCUT2D eigenvalue weighted by atomic mass is 32.2. The molecule has 0 saturated heterocycles. The minimum absolute atomic E-state index is 0.0518. The van der Waals surface area contributed by atoms with E-state index < -0.39 is 0 Å². The van der Waals surface area contributed by atoms with Gasteiger partial charge >= 0.3 is 0 Å². The second-order valence-corrected chi connectivity index (χ2v) is 7.36. The van der Waals surface area contributed by atoms with E-state index in [2.05, 4.69) is 13.8 Å². The summed E-state index contributed by atoms with van der Waals surface area (Å²) in [5, 5.41) is 11.0. The molecule has 0 spiro atoms. The van der Waals surface area contributed by atoms with Crippen molar-refractivity contribution in [3.05, 3.63) is 22.5 Å². The summed E-state index contributed by atoms with van der Waals surface area (Å²) in [4.78, 5) is 19.0. The number of hydrogen-bond donors (Lipinski definition) is 1. The van der Waals surface area contributed by atoms with Crippen molar-refractivity contribution in [1.82, 2.24) is 9.88 Å². The third kappa shape index (κ3) is 2.60. The molecular formula is C17H24N2O2S. The molecule has 2 aliphatic heterocycles. The smallest absolute Gasteiger partial charge is 0.259 e. The molecule has 3 rings (SSSR count). The predicted molar refractivity (Wildman–Crippen MR) is 89.1 cm³/mol. The van der Waals surface area contributed by atoms with E-state index in [9.17, 15) is 9.90 Å². The lowest BCUT2D eigenvalue weighted by Crippen LogP contribution is -2.24. The number of aromatic hydroxyl groups is 1.